The molecule has 0 saturated heterocycles. The maximum atomic E-state index is 12.1. The van der Waals surface area contributed by atoms with Gasteiger partial charge in [0.25, 0.3) is 0 Å². The van der Waals surface area contributed by atoms with Gasteiger partial charge < -0.3 is 29.9 Å². The summed E-state index contributed by atoms with van der Waals surface area (Å²) >= 11 is 11.1. The van der Waals surface area contributed by atoms with Crippen molar-refractivity contribution < 1.29 is 23.9 Å². The Morgan fingerprint density at radius 3 is 2.34 bits per heavy atom. The van der Waals surface area contributed by atoms with Gasteiger partial charge in [0, 0.05) is 60.0 Å². The summed E-state index contributed by atoms with van der Waals surface area (Å²) in [5.41, 5.74) is 3.46. The van der Waals surface area contributed by atoms with Crippen LogP contribution in [-0.4, -0.2) is 69.8 Å². The summed E-state index contributed by atoms with van der Waals surface area (Å²) in [6.07, 6.45) is 0. The van der Waals surface area contributed by atoms with E-state index in [1.54, 1.807) is 18.2 Å². The highest BCUT2D eigenvalue weighted by molar-refractivity contribution is 6.27. The van der Waals surface area contributed by atoms with Gasteiger partial charge in [-0.15, -0.1) is 23.2 Å². The van der Waals surface area contributed by atoms with E-state index in [-0.39, 0.29) is 29.1 Å². The van der Waals surface area contributed by atoms with E-state index in [0.717, 1.165) is 22.0 Å². The molecule has 0 unspecified atom stereocenters. The maximum absolute atomic E-state index is 12.1. The Morgan fingerprint density at radius 1 is 0.927 bits per heavy atom. The highest BCUT2D eigenvalue weighted by Gasteiger charge is 2.21. The molecule has 2 amide bonds. The number of carboxylic acids is 1. The van der Waals surface area contributed by atoms with Crippen molar-refractivity contribution in [2.45, 2.75) is 0 Å². The van der Waals surface area contributed by atoms with Crippen LogP contribution in [0.1, 0.15) is 10.4 Å². The largest absolute Gasteiger partial charge is 0.545 e. The van der Waals surface area contributed by atoms with Gasteiger partial charge in [-0.3, -0.25) is 9.59 Å². The van der Waals surface area contributed by atoms with Crippen molar-refractivity contribution in [3.8, 4) is 22.5 Å². The molecule has 9 nitrogen and oxygen atoms in total. The van der Waals surface area contributed by atoms with Gasteiger partial charge in [0.1, 0.15) is 30.2 Å². The van der Waals surface area contributed by atoms with Crippen LogP contribution >= 0.6 is 23.2 Å². The van der Waals surface area contributed by atoms with Gasteiger partial charge in [-0.05, 0) is 23.8 Å². The Balaban J connectivity index is 1.85. The summed E-state index contributed by atoms with van der Waals surface area (Å²) in [6.45, 7) is 1.91. The Bertz CT molecular complexity index is 1640. The highest BCUT2D eigenvalue weighted by atomic mass is 35.5. The molecule has 0 bridgehead atoms. The van der Waals surface area contributed by atoms with Gasteiger partial charge in [-0.1, -0.05) is 24.3 Å². The number of nitrogens with zero attached hydrogens (tertiary/aromatic N) is 2. The van der Waals surface area contributed by atoms with Crippen LogP contribution in [0.25, 0.3) is 33.4 Å². The summed E-state index contributed by atoms with van der Waals surface area (Å²) in [4.78, 5) is 37.1. The number of carbonyl (C=O) groups excluding carboxylic acids is 3. The van der Waals surface area contributed by atoms with Crippen molar-refractivity contribution in [2.24, 2.45) is 0 Å². The molecule has 0 spiro atoms. The molecule has 41 heavy (non-hydrogen) atoms. The third kappa shape index (κ3) is 6.99. The quantitative estimate of drug-likeness (QED) is 0.156. The summed E-state index contributed by atoms with van der Waals surface area (Å²) in [5.74, 6) is -1.38. The number of nitrogens with one attached hydrogen (secondary N) is 2. The summed E-state index contributed by atoms with van der Waals surface area (Å²) in [6, 6.07) is 18.2. The molecule has 2 aromatic rings. The van der Waals surface area contributed by atoms with E-state index in [4.69, 9.17) is 27.6 Å². The average Bonchev–Trinajstić information content (AvgIpc) is 2.98. The van der Waals surface area contributed by atoms with Crippen LogP contribution < -0.4 is 30.6 Å². The van der Waals surface area contributed by atoms with E-state index in [0.29, 0.717) is 48.6 Å². The molecule has 0 radical (unpaired) electrons. The van der Waals surface area contributed by atoms with Crippen molar-refractivity contribution in [3.63, 3.8) is 0 Å². The van der Waals surface area contributed by atoms with Crippen molar-refractivity contribution in [1.82, 2.24) is 15.2 Å². The molecule has 1 aliphatic carbocycles. The Hall–Kier alpha value is -4.08. The van der Waals surface area contributed by atoms with Gasteiger partial charge in [-0.2, -0.15) is 0 Å². The molecular formula is C30H30Cl2N4O5. The topological polar surface area (TPSA) is 118 Å². The predicted molar refractivity (Wildman–Crippen MR) is 159 cm³/mol. The fraction of sp³-hybridized carbons (Fsp3) is 0.267. The molecule has 214 valence electrons. The second kappa shape index (κ2) is 13.5. The third-order valence-corrected chi connectivity index (χ3v) is 7.25. The highest BCUT2D eigenvalue weighted by Crippen LogP contribution is 2.41. The number of hydrogen-bond acceptors (Lipinski definition) is 6. The first-order chi connectivity index (χ1) is 19.7. The number of likely N-dealkylation sites (N-methyl/N-ethyl adjacent to an activating group) is 2. The molecule has 11 heteroatoms. The van der Waals surface area contributed by atoms with E-state index >= 15 is 0 Å². The summed E-state index contributed by atoms with van der Waals surface area (Å²) < 4.78 is 8.39. The number of rotatable bonds is 11. The number of amides is 2. The van der Waals surface area contributed by atoms with E-state index < -0.39 is 5.97 Å². The van der Waals surface area contributed by atoms with Gasteiger partial charge in [-0.25, -0.2) is 4.58 Å². The molecule has 4 rings (SSSR count). The van der Waals surface area contributed by atoms with Crippen LogP contribution in [0, 0.1) is 0 Å². The Labute approximate surface area is 247 Å². The second-order valence-electron chi connectivity index (χ2n) is 9.48. The van der Waals surface area contributed by atoms with Crippen molar-refractivity contribution in [1.29, 1.82) is 0 Å². The Morgan fingerprint density at radius 2 is 1.63 bits per heavy atom. The lowest BCUT2D eigenvalue weighted by atomic mass is 9.90. The number of halogens is 2. The van der Waals surface area contributed by atoms with Crippen LogP contribution in [0.5, 0.6) is 0 Å². The molecule has 0 fully saturated rings. The van der Waals surface area contributed by atoms with E-state index in [1.165, 1.54) is 6.07 Å². The first-order valence-electron chi connectivity index (χ1n) is 13.0. The molecule has 1 aliphatic heterocycles. The number of anilines is 1. The average molecular weight is 597 g/mol. The van der Waals surface area contributed by atoms with Crippen LogP contribution in [-0.2, 0) is 9.59 Å². The van der Waals surface area contributed by atoms with Gasteiger partial charge in [0.05, 0.1) is 18.6 Å². The van der Waals surface area contributed by atoms with Crippen LogP contribution in [0.2, 0.25) is 0 Å². The van der Waals surface area contributed by atoms with E-state index in [9.17, 15) is 19.5 Å². The molecule has 0 saturated carbocycles. The van der Waals surface area contributed by atoms with Crippen molar-refractivity contribution in [3.05, 3.63) is 71.6 Å². The van der Waals surface area contributed by atoms with Gasteiger partial charge >= 0.3 is 0 Å². The van der Waals surface area contributed by atoms with Crippen LogP contribution in [0.3, 0.4) is 0 Å². The molecule has 2 N–H and O–H groups in total. The number of carboxylic acid groups (broad SMARTS) is 1. The normalized spacial score (nSPS) is 11.8. The number of fused-ring (bicyclic) bond motifs is 2. The first-order valence-corrected chi connectivity index (χ1v) is 14.0. The van der Waals surface area contributed by atoms with Crippen LogP contribution in [0.15, 0.2) is 65.1 Å². The lowest BCUT2D eigenvalue weighted by Gasteiger charge is -2.22. The van der Waals surface area contributed by atoms with Crippen molar-refractivity contribution in [2.75, 3.05) is 56.9 Å². The summed E-state index contributed by atoms with van der Waals surface area (Å²) in [7, 11) is 3.80. The third-order valence-electron chi connectivity index (χ3n) is 6.77. The second-order valence-corrected chi connectivity index (χ2v) is 10.0. The molecular weight excluding hydrogens is 567 g/mol. The van der Waals surface area contributed by atoms with Crippen molar-refractivity contribution >= 4 is 57.6 Å². The zero-order valence-electron chi connectivity index (χ0n) is 22.7. The number of aromatic carboxylic acids is 1. The molecule has 0 aromatic heterocycles. The zero-order valence-corrected chi connectivity index (χ0v) is 24.2. The fourth-order valence-corrected chi connectivity index (χ4v) is 4.78. The predicted octanol–water partition coefficient (Wildman–Crippen LogP) is 2.12. The zero-order chi connectivity index (χ0) is 29.5. The first kappa shape index (κ1) is 29.9. The number of carbonyl (C=O) groups is 3. The molecule has 2 aliphatic rings. The maximum Gasteiger partial charge on any atom is 0.235 e. The number of hydrogen-bond donors (Lipinski definition) is 2. The molecule has 0 atom stereocenters. The smallest absolute Gasteiger partial charge is 0.235 e. The monoisotopic (exact) mass is 596 g/mol. The minimum absolute atomic E-state index is 0.0776. The lowest BCUT2D eigenvalue weighted by molar-refractivity contribution is -0.254. The number of alkyl halides is 2. The van der Waals surface area contributed by atoms with Crippen LogP contribution in [0.4, 0.5) is 5.69 Å². The minimum atomic E-state index is -1.27. The van der Waals surface area contributed by atoms with E-state index in [1.807, 2.05) is 60.0 Å². The minimum Gasteiger partial charge on any atom is -0.545 e. The summed E-state index contributed by atoms with van der Waals surface area (Å²) in [5, 5.41) is 19.2. The number of benzene rings is 3. The fourth-order valence-electron chi connectivity index (χ4n) is 4.59. The van der Waals surface area contributed by atoms with Gasteiger partial charge in [0.2, 0.25) is 17.2 Å². The van der Waals surface area contributed by atoms with E-state index in [2.05, 4.69) is 10.6 Å². The SMILES string of the molecule is CN(CCNC(=O)CCl)c1ccc2c(-c3ccccc3C(=O)[O-])c3ccc(=[N+](C)CCNC(=O)CCl)cc-3oc2c1. The Kier molecular flexibility index (Phi) is 9.86. The molecule has 2 aromatic carbocycles. The van der Waals surface area contributed by atoms with Gasteiger partial charge in [0.15, 0.2) is 6.54 Å². The lowest BCUT2D eigenvalue weighted by Crippen LogP contribution is -2.35. The standard InChI is InChI=1S/C30H30Cl2N4O5/c1-35(13-11-33-27(37)17-31)19-7-9-23-25(15-19)41-26-16-20(36(2)14-12-34-28(38)18-32)8-10-24(26)29(23)21-5-3-4-6-22(21)30(39)40/h3-10,15-16H,11-14,17-18H2,1-2H3,(H2-,33,34,37,38,39,40). The molecule has 1 heterocycles.